The average Bonchev–Trinajstić information content (AvgIpc) is 3.06. The molecular weight excluding hydrogens is 320 g/mol. The number of H-pyrrole nitrogens is 1. The van der Waals surface area contributed by atoms with Gasteiger partial charge in [0.05, 0.1) is 17.3 Å². The number of nitrogens with zero attached hydrogens (tertiary/aromatic N) is 3. The van der Waals surface area contributed by atoms with Crippen molar-refractivity contribution in [1.29, 1.82) is 0 Å². The van der Waals surface area contributed by atoms with E-state index in [-0.39, 0.29) is 17.6 Å². The molecule has 3 heterocycles. The van der Waals surface area contributed by atoms with Crippen LogP contribution in [0.4, 0.5) is 0 Å². The van der Waals surface area contributed by atoms with Crippen LogP contribution < -0.4 is 5.56 Å². The number of hydroxylamine groups is 2. The van der Waals surface area contributed by atoms with Crippen molar-refractivity contribution >= 4 is 11.6 Å². The lowest BCUT2D eigenvalue weighted by Crippen LogP contribution is -2.35. The highest BCUT2D eigenvalue weighted by Crippen LogP contribution is 2.31. The lowest BCUT2D eigenvalue weighted by Gasteiger charge is -2.32. The van der Waals surface area contributed by atoms with Crippen molar-refractivity contribution in [1.82, 2.24) is 19.7 Å². The van der Waals surface area contributed by atoms with Crippen molar-refractivity contribution in [3.63, 3.8) is 0 Å². The summed E-state index contributed by atoms with van der Waals surface area (Å²) in [7, 11) is 0. The summed E-state index contributed by atoms with van der Waals surface area (Å²) < 4.78 is 1.63. The van der Waals surface area contributed by atoms with E-state index < -0.39 is 0 Å². The van der Waals surface area contributed by atoms with E-state index in [1.54, 1.807) is 27.9 Å². The molecular formula is C18H18N4O3. The summed E-state index contributed by atoms with van der Waals surface area (Å²) in [6.07, 6.45) is 4.47. The van der Waals surface area contributed by atoms with E-state index in [2.05, 4.69) is 10.1 Å². The third kappa shape index (κ3) is 3.18. The zero-order valence-corrected chi connectivity index (χ0v) is 13.6. The monoisotopic (exact) mass is 338 g/mol. The molecule has 0 amide bonds. The number of carbonyl (C=O) groups is 1. The maximum absolute atomic E-state index is 12.4. The fraction of sp³-hybridized carbons (Fsp3) is 0.278. The van der Waals surface area contributed by atoms with Gasteiger partial charge < -0.3 is 9.82 Å². The fourth-order valence-electron chi connectivity index (χ4n) is 3.13. The van der Waals surface area contributed by atoms with Gasteiger partial charge >= 0.3 is 5.97 Å². The SMILES string of the molecule is O=C(ON1CCCC[C@H]1c1cc2[nH]c(=O)ccn2n1)c1ccccc1. The first-order valence-corrected chi connectivity index (χ1v) is 8.33. The number of carbonyl (C=O) groups excluding carboxylic acids is 1. The second kappa shape index (κ2) is 6.52. The number of hydrogen-bond donors (Lipinski definition) is 1. The summed E-state index contributed by atoms with van der Waals surface area (Å²) in [5, 5.41) is 6.23. The van der Waals surface area contributed by atoms with Gasteiger partial charge in [-0.05, 0) is 31.4 Å². The van der Waals surface area contributed by atoms with Crippen molar-refractivity contribution in [2.75, 3.05) is 6.54 Å². The van der Waals surface area contributed by atoms with E-state index in [9.17, 15) is 9.59 Å². The highest BCUT2D eigenvalue weighted by molar-refractivity contribution is 5.89. The minimum Gasteiger partial charge on any atom is -0.363 e. The van der Waals surface area contributed by atoms with Gasteiger partial charge in [-0.1, -0.05) is 18.2 Å². The second-order valence-corrected chi connectivity index (χ2v) is 6.10. The number of piperidine rings is 1. The van der Waals surface area contributed by atoms with Gasteiger partial charge in [0, 0.05) is 24.9 Å². The van der Waals surface area contributed by atoms with Crippen LogP contribution in [0.2, 0.25) is 0 Å². The Kier molecular flexibility index (Phi) is 4.07. The molecule has 1 N–H and O–H groups in total. The molecule has 1 aliphatic rings. The van der Waals surface area contributed by atoms with Gasteiger partial charge in [0.15, 0.2) is 0 Å². The molecule has 0 aliphatic carbocycles. The van der Waals surface area contributed by atoms with E-state index in [1.807, 2.05) is 24.3 Å². The van der Waals surface area contributed by atoms with Crippen LogP contribution in [0.5, 0.6) is 0 Å². The van der Waals surface area contributed by atoms with Gasteiger partial charge in [-0.25, -0.2) is 9.31 Å². The van der Waals surface area contributed by atoms with Crippen LogP contribution in [-0.4, -0.2) is 32.2 Å². The molecule has 0 spiro atoms. The maximum Gasteiger partial charge on any atom is 0.357 e. The van der Waals surface area contributed by atoms with E-state index in [0.29, 0.717) is 17.8 Å². The number of hydrogen-bond acceptors (Lipinski definition) is 5. The minimum absolute atomic E-state index is 0.121. The van der Waals surface area contributed by atoms with Crippen molar-refractivity contribution in [3.05, 3.63) is 70.3 Å². The molecule has 25 heavy (non-hydrogen) atoms. The molecule has 1 aromatic carbocycles. The molecule has 7 nitrogen and oxygen atoms in total. The van der Waals surface area contributed by atoms with E-state index in [1.165, 1.54) is 6.07 Å². The Hall–Kier alpha value is -2.93. The largest absolute Gasteiger partial charge is 0.363 e. The second-order valence-electron chi connectivity index (χ2n) is 6.10. The van der Waals surface area contributed by atoms with E-state index >= 15 is 0 Å². The Labute approximate surface area is 143 Å². The predicted molar refractivity (Wildman–Crippen MR) is 91.0 cm³/mol. The number of rotatable bonds is 3. The van der Waals surface area contributed by atoms with Gasteiger partial charge in [-0.15, -0.1) is 5.06 Å². The highest BCUT2D eigenvalue weighted by atomic mass is 16.7. The molecule has 0 radical (unpaired) electrons. The normalized spacial score (nSPS) is 18.3. The van der Waals surface area contributed by atoms with Gasteiger partial charge in [-0.2, -0.15) is 5.10 Å². The number of aromatic nitrogens is 3. The number of nitrogens with one attached hydrogen (secondary N) is 1. The van der Waals surface area contributed by atoms with Crippen molar-refractivity contribution in [2.45, 2.75) is 25.3 Å². The predicted octanol–water partition coefficient (Wildman–Crippen LogP) is 2.32. The van der Waals surface area contributed by atoms with Gasteiger partial charge in [0.1, 0.15) is 5.65 Å². The third-order valence-corrected chi connectivity index (χ3v) is 4.38. The quantitative estimate of drug-likeness (QED) is 0.793. The van der Waals surface area contributed by atoms with Crippen LogP contribution >= 0.6 is 0 Å². The minimum atomic E-state index is -0.371. The van der Waals surface area contributed by atoms with Gasteiger partial charge in [0.2, 0.25) is 0 Å². The molecule has 0 unspecified atom stereocenters. The molecule has 1 saturated heterocycles. The Morgan fingerprint density at radius 2 is 2.04 bits per heavy atom. The lowest BCUT2D eigenvalue weighted by atomic mass is 10.0. The first-order valence-electron chi connectivity index (χ1n) is 8.33. The molecule has 4 rings (SSSR count). The first kappa shape index (κ1) is 15.6. The van der Waals surface area contributed by atoms with Gasteiger partial charge in [-0.3, -0.25) is 4.79 Å². The van der Waals surface area contributed by atoms with Gasteiger partial charge in [0.25, 0.3) is 5.56 Å². The molecule has 128 valence electrons. The summed E-state index contributed by atoms with van der Waals surface area (Å²) in [6.45, 7) is 0.660. The molecule has 1 aliphatic heterocycles. The smallest absolute Gasteiger partial charge is 0.357 e. The molecule has 2 aromatic heterocycles. The van der Waals surface area contributed by atoms with E-state index in [0.717, 1.165) is 25.0 Å². The summed E-state index contributed by atoms with van der Waals surface area (Å²) in [5.74, 6) is -0.371. The molecule has 7 heteroatoms. The summed E-state index contributed by atoms with van der Waals surface area (Å²) >= 11 is 0. The van der Waals surface area contributed by atoms with Crippen LogP contribution in [0.3, 0.4) is 0 Å². The number of aromatic amines is 1. The Morgan fingerprint density at radius 3 is 2.88 bits per heavy atom. The highest BCUT2D eigenvalue weighted by Gasteiger charge is 2.29. The van der Waals surface area contributed by atoms with Crippen LogP contribution in [0.25, 0.3) is 5.65 Å². The summed E-state index contributed by atoms with van der Waals surface area (Å²) in [6, 6.07) is 12.1. The third-order valence-electron chi connectivity index (χ3n) is 4.38. The van der Waals surface area contributed by atoms with Crippen LogP contribution in [0, 0.1) is 0 Å². The van der Waals surface area contributed by atoms with Crippen molar-refractivity contribution in [2.24, 2.45) is 0 Å². The van der Waals surface area contributed by atoms with Crippen molar-refractivity contribution in [3.8, 4) is 0 Å². The van der Waals surface area contributed by atoms with Crippen LogP contribution in [0.15, 0.2) is 53.5 Å². The molecule has 1 atom stereocenters. The zero-order chi connectivity index (χ0) is 17.2. The Morgan fingerprint density at radius 1 is 1.20 bits per heavy atom. The number of benzene rings is 1. The average molecular weight is 338 g/mol. The lowest BCUT2D eigenvalue weighted by molar-refractivity contribution is -0.153. The van der Waals surface area contributed by atoms with Crippen LogP contribution in [0.1, 0.15) is 41.4 Å². The summed E-state index contributed by atoms with van der Waals surface area (Å²) in [4.78, 5) is 32.2. The molecule has 0 bridgehead atoms. The molecule has 0 saturated carbocycles. The first-order chi connectivity index (χ1) is 12.2. The van der Waals surface area contributed by atoms with Crippen LogP contribution in [-0.2, 0) is 4.84 Å². The standard InChI is InChI=1S/C18H18N4O3/c23-17-9-11-21-16(19-17)12-14(20-21)15-8-4-5-10-22(15)25-18(24)13-6-2-1-3-7-13/h1-3,6-7,9,11-12,15H,4-5,8,10H2,(H,19,23)/t15-/m0/s1. The Bertz CT molecular complexity index is 948. The number of fused-ring (bicyclic) bond motifs is 1. The zero-order valence-electron chi connectivity index (χ0n) is 13.6. The molecule has 3 aromatic rings. The van der Waals surface area contributed by atoms with Crippen molar-refractivity contribution < 1.29 is 9.63 Å². The topological polar surface area (TPSA) is 79.7 Å². The summed E-state index contributed by atoms with van der Waals surface area (Å²) in [5.41, 5.74) is 1.76. The fourth-order valence-corrected chi connectivity index (χ4v) is 3.13. The Balaban J connectivity index is 1.59. The maximum atomic E-state index is 12.4. The van der Waals surface area contributed by atoms with E-state index in [4.69, 9.17) is 4.84 Å². The molecule has 1 fully saturated rings.